The Hall–Kier alpha value is -1.12. The number of hydrogen-bond donors (Lipinski definition) is 1. The third-order valence-electron chi connectivity index (χ3n) is 4.29. The van der Waals surface area contributed by atoms with Gasteiger partial charge in [-0.05, 0) is 6.08 Å². The minimum atomic E-state index is -2.29. The number of hydrogen-bond acceptors (Lipinski definition) is 1. The molecular weight excluding hydrogens is 498 g/mol. The van der Waals surface area contributed by atoms with Crippen LogP contribution in [0.25, 0.3) is 6.08 Å². The van der Waals surface area contributed by atoms with Crippen molar-refractivity contribution in [3.8, 4) is 0 Å². The summed E-state index contributed by atoms with van der Waals surface area (Å²) in [7, 11) is 0. The molecule has 1 aromatic rings. The molecule has 165 valence electrons. The summed E-state index contributed by atoms with van der Waals surface area (Å²) in [4.78, 5) is 10.0. The first kappa shape index (κ1) is 27.9. The number of aliphatic carboxylic acids is 1. The van der Waals surface area contributed by atoms with Crippen LogP contribution in [-0.4, -0.2) is 30.8 Å². The summed E-state index contributed by atoms with van der Waals surface area (Å²) in [6.45, 7) is 7.00. The van der Waals surface area contributed by atoms with E-state index in [1.807, 2.05) is 0 Å². The Morgan fingerprint density at radius 2 is 1.10 bits per heavy atom. The maximum absolute atomic E-state index is 12.9. The van der Waals surface area contributed by atoms with E-state index in [4.69, 9.17) is 5.11 Å². The monoisotopic (exact) mass is 529 g/mol. The summed E-state index contributed by atoms with van der Waals surface area (Å²) in [5.74, 6) is -12.3. The van der Waals surface area contributed by atoms with Gasteiger partial charge in [-0.15, -0.1) is 0 Å². The Morgan fingerprint density at radius 1 is 0.759 bits per heavy atom. The summed E-state index contributed by atoms with van der Waals surface area (Å²) < 4.78 is 68.5. The molecule has 29 heavy (non-hydrogen) atoms. The topological polar surface area (TPSA) is 37.3 Å². The van der Waals surface area contributed by atoms with Crippen molar-refractivity contribution in [1.29, 1.82) is 0 Å². The number of benzene rings is 1. The van der Waals surface area contributed by atoms with Gasteiger partial charge in [-0.1, -0.05) is 0 Å². The number of rotatable bonds is 11. The zero-order valence-electron chi connectivity index (χ0n) is 17.3. The first-order chi connectivity index (χ1) is 13.7. The molecule has 0 heterocycles. The average molecular weight is 528 g/mol. The Bertz CT molecular complexity index is 617. The molecule has 8 heteroatoms. The fraction of sp³-hybridized carbons (Fsp3) is 0.571. The van der Waals surface area contributed by atoms with Crippen LogP contribution in [0.5, 0.6) is 0 Å². The number of halogens is 5. The van der Waals surface area contributed by atoms with Crippen molar-refractivity contribution in [3.05, 3.63) is 40.7 Å². The third-order valence-corrected chi connectivity index (χ3v) is 13.4. The first-order valence-corrected chi connectivity index (χ1v) is 16.0. The van der Waals surface area contributed by atoms with Crippen LogP contribution in [-0.2, 0) is 4.79 Å². The Kier molecular flexibility index (Phi) is 15.1. The fourth-order valence-corrected chi connectivity index (χ4v) is 12.0. The van der Waals surface area contributed by atoms with E-state index >= 15 is 0 Å². The third kappa shape index (κ3) is 10.5. The number of carboxylic acid groups (broad SMARTS) is 1. The van der Waals surface area contributed by atoms with E-state index in [1.54, 1.807) is 13.3 Å². The maximum Gasteiger partial charge on any atom is 0.328 e. The standard InChI is InChI=1S/C9H3F5O2.3C4H9.Sn/c10-5-3(1-2-4(15)16)6(11)8(13)9(14)7(5)12;3*1-3-4-2;/h1-2H,(H,15,16);3*1,3-4H2,2H3;/b2-1+;;;;. The molecule has 0 aliphatic heterocycles. The first-order valence-electron chi connectivity index (χ1n) is 9.97. The van der Waals surface area contributed by atoms with Crippen molar-refractivity contribution in [2.24, 2.45) is 0 Å². The zero-order valence-corrected chi connectivity index (χ0v) is 20.1. The molecule has 1 radical (unpaired) electrons. The van der Waals surface area contributed by atoms with Crippen LogP contribution >= 0.6 is 0 Å². The minimum absolute atomic E-state index is 0.262. The van der Waals surface area contributed by atoms with Crippen molar-refractivity contribution in [3.63, 3.8) is 0 Å². The van der Waals surface area contributed by atoms with E-state index in [2.05, 4.69) is 20.8 Å². The van der Waals surface area contributed by atoms with E-state index in [-0.39, 0.29) is 6.08 Å². The summed E-state index contributed by atoms with van der Waals surface area (Å²) in [6.07, 6.45) is 9.40. The van der Waals surface area contributed by atoms with Gasteiger partial charge in [0.15, 0.2) is 23.3 Å². The minimum Gasteiger partial charge on any atom is -0.478 e. The number of carboxylic acids is 1. The quantitative estimate of drug-likeness (QED) is 0.107. The SMILES string of the molecule is CCC[CH2][Sn]([CH2]CCC)[CH2]CCC.O=C(O)/C=C/c1c(F)c(F)c(F)c(F)c1F. The molecule has 0 saturated heterocycles. The fourth-order valence-electron chi connectivity index (χ4n) is 2.58. The van der Waals surface area contributed by atoms with Crippen LogP contribution in [0, 0.1) is 29.1 Å². The van der Waals surface area contributed by atoms with E-state index in [1.165, 1.54) is 38.5 Å². The average Bonchev–Trinajstić information content (AvgIpc) is 2.70. The molecule has 0 fully saturated rings. The molecule has 0 amide bonds. The smallest absolute Gasteiger partial charge is 0.328 e. The second-order valence-corrected chi connectivity index (χ2v) is 15.3. The van der Waals surface area contributed by atoms with Crippen LogP contribution in [0.1, 0.15) is 64.9 Å². The summed E-state index contributed by atoms with van der Waals surface area (Å²) in [6, 6.07) is 0. The zero-order chi connectivity index (χ0) is 22.4. The molecule has 0 atom stereocenters. The van der Waals surface area contributed by atoms with Crippen LogP contribution in [0.3, 0.4) is 0 Å². The van der Waals surface area contributed by atoms with E-state index < -0.39 is 60.4 Å². The number of carbonyl (C=O) groups is 1. The van der Waals surface area contributed by atoms with Gasteiger partial charge in [0.2, 0.25) is 5.82 Å². The molecule has 0 aliphatic rings. The molecular formula is C21H30F5O2Sn. The van der Waals surface area contributed by atoms with Crippen LogP contribution in [0.2, 0.25) is 13.3 Å². The Labute approximate surface area is 176 Å². The van der Waals surface area contributed by atoms with Crippen LogP contribution in [0.4, 0.5) is 22.0 Å². The summed E-state index contributed by atoms with van der Waals surface area (Å²) in [5.41, 5.74) is -1.29. The van der Waals surface area contributed by atoms with Gasteiger partial charge in [-0.3, -0.25) is 0 Å². The van der Waals surface area contributed by atoms with Gasteiger partial charge in [0.25, 0.3) is 0 Å². The molecule has 1 rings (SSSR count). The Morgan fingerprint density at radius 3 is 1.41 bits per heavy atom. The maximum atomic E-state index is 12.9. The largest absolute Gasteiger partial charge is 0.478 e. The molecule has 0 unspecified atom stereocenters. The predicted octanol–water partition coefficient (Wildman–Crippen LogP) is 7.36. The second kappa shape index (κ2) is 15.7. The van der Waals surface area contributed by atoms with Crippen molar-refractivity contribution >= 4 is 31.8 Å². The van der Waals surface area contributed by atoms with Crippen molar-refractivity contribution in [2.75, 3.05) is 0 Å². The molecule has 0 aromatic heterocycles. The van der Waals surface area contributed by atoms with E-state index in [0.29, 0.717) is 6.08 Å². The number of unbranched alkanes of at least 4 members (excludes halogenated alkanes) is 3. The second-order valence-electron chi connectivity index (χ2n) is 6.72. The molecule has 1 aromatic carbocycles. The molecule has 0 aliphatic carbocycles. The summed E-state index contributed by atoms with van der Waals surface area (Å²) >= 11 is -0.839. The Balaban J connectivity index is 0.000000555. The molecule has 2 nitrogen and oxygen atoms in total. The van der Waals surface area contributed by atoms with E-state index in [0.717, 1.165) is 0 Å². The molecule has 1 N–H and O–H groups in total. The van der Waals surface area contributed by atoms with Gasteiger partial charge >= 0.3 is 98.3 Å². The van der Waals surface area contributed by atoms with Gasteiger partial charge < -0.3 is 5.11 Å². The van der Waals surface area contributed by atoms with Crippen molar-refractivity contribution < 1.29 is 31.9 Å². The van der Waals surface area contributed by atoms with Crippen LogP contribution in [0.15, 0.2) is 6.08 Å². The van der Waals surface area contributed by atoms with Gasteiger partial charge in [0.1, 0.15) is 0 Å². The molecule has 0 bridgehead atoms. The van der Waals surface area contributed by atoms with Gasteiger partial charge in [-0.25, -0.2) is 26.7 Å². The van der Waals surface area contributed by atoms with Gasteiger partial charge in [-0.2, -0.15) is 0 Å². The van der Waals surface area contributed by atoms with Gasteiger partial charge in [0, 0.05) is 6.08 Å². The molecule has 0 saturated carbocycles. The normalized spacial score (nSPS) is 11.1. The van der Waals surface area contributed by atoms with Crippen molar-refractivity contribution in [2.45, 2.75) is 72.6 Å². The summed E-state index contributed by atoms with van der Waals surface area (Å²) in [5, 5.41) is 8.16. The van der Waals surface area contributed by atoms with Gasteiger partial charge in [0.05, 0.1) is 5.56 Å². The van der Waals surface area contributed by atoms with Crippen molar-refractivity contribution in [1.82, 2.24) is 0 Å². The predicted molar refractivity (Wildman–Crippen MR) is 108 cm³/mol. The van der Waals surface area contributed by atoms with E-state index in [9.17, 15) is 26.7 Å². The van der Waals surface area contributed by atoms with Crippen LogP contribution < -0.4 is 0 Å². The molecule has 0 spiro atoms.